The molecule has 1 aliphatic heterocycles. The molecule has 2 fully saturated rings. The molecule has 8 nitrogen and oxygen atoms in total. The van der Waals surface area contributed by atoms with E-state index in [1.54, 1.807) is 0 Å². The van der Waals surface area contributed by atoms with Crippen molar-refractivity contribution in [2.75, 3.05) is 13.1 Å². The second-order valence-electron chi connectivity index (χ2n) is 6.92. The molecule has 4 rings (SSSR count). The van der Waals surface area contributed by atoms with Crippen LogP contribution in [0, 0.1) is 6.92 Å². The van der Waals surface area contributed by atoms with E-state index in [1.165, 1.54) is 0 Å². The van der Waals surface area contributed by atoms with Crippen molar-refractivity contribution in [3.8, 4) is 0 Å². The van der Waals surface area contributed by atoms with E-state index in [1.807, 2.05) is 19.3 Å². The highest BCUT2D eigenvalue weighted by molar-refractivity contribution is 5.90. The monoisotopic (exact) mass is 344 g/mol. The Morgan fingerprint density at radius 3 is 3.00 bits per heavy atom. The maximum absolute atomic E-state index is 12.0. The van der Waals surface area contributed by atoms with Gasteiger partial charge in [-0.25, -0.2) is 4.98 Å². The van der Waals surface area contributed by atoms with Crippen molar-refractivity contribution >= 4 is 5.91 Å². The Labute approximate surface area is 146 Å². The third-order valence-corrected chi connectivity index (χ3v) is 4.97. The SMILES string of the molecule is Cc1nccn1CCCN1CCC[C@H]1c1nc(C(=O)NC2CC2)no1. The van der Waals surface area contributed by atoms with Gasteiger partial charge in [-0.2, -0.15) is 4.98 Å². The van der Waals surface area contributed by atoms with Gasteiger partial charge in [0.2, 0.25) is 5.89 Å². The quantitative estimate of drug-likeness (QED) is 0.822. The normalized spacial score (nSPS) is 20.9. The molecule has 0 radical (unpaired) electrons. The van der Waals surface area contributed by atoms with Gasteiger partial charge in [0.05, 0.1) is 6.04 Å². The Kier molecular flexibility index (Phi) is 4.52. The van der Waals surface area contributed by atoms with Crippen molar-refractivity contribution in [1.82, 2.24) is 29.9 Å². The number of hydrogen-bond acceptors (Lipinski definition) is 6. The molecule has 2 aromatic rings. The summed E-state index contributed by atoms with van der Waals surface area (Å²) in [5, 5.41) is 6.77. The molecule has 8 heteroatoms. The molecule has 25 heavy (non-hydrogen) atoms. The summed E-state index contributed by atoms with van der Waals surface area (Å²) in [7, 11) is 0. The number of imidazole rings is 1. The molecule has 1 saturated heterocycles. The predicted molar refractivity (Wildman–Crippen MR) is 89.9 cm³/mol. The van der Waals surface area contributed by atoms with Gasteiger partial charge in [-0.1, -0.05) is 5.16 Å². The third-order valence-electron chi connectivity index (χ3n) is 4.97. The Morgan fingerprint density at radius 2 is 2.24 bits per heavy atom. The zero-order valence-electron chi connectivity index (χ0n) is 14.5. The number of carbonyl (C=O) groups is 1. The number of aryl methyl sites for hydroxylation is 2. The molecule has 0 bridgehead atoms. The highest BCUT2D eigenvalue weighted by Crippen LogP contribution is 2.31. The standard InChI is InChI=1S/C17H24N6O2/c1-12-18-7-11-22(12)9-3-10-23-8-2-4-14(23)17-20-15(21-25-17)16(24)19-13-5-6-13/h7,11,13-14H,2-6,8-10H2,1H3,(H,19,24)/t14-/m0/s1. The van der Waals surface area contributed by atoms with Crippen LogP contribution in [0.1, 0.15) is 60.5 Å². The summed E-state index contributed by atoms with van der Waals surface area (Å²) in [6, 6.07) is 0.419. The molecule has 134 valence electrons. The lowest BCUT2D eigenvalue weighted by atomic mass is 10.2. The summed E-state index contributed by atoms with van der Waals surface area (Å²) in [6.07, 6.45) is 9.08. The van der Waals surface area contributed by atoms with Crippen molar-refractivity contribution in [3.05, 3.63) is 29.9 Å². The fourth-order valence-electron chi connectivity index (χ4n) is 3.40. The van der Waals surface area contributed by atoms with Gasteiger partial charge in [0.1, 0.15) is 5.82 Å². The van der Waals surface area contributed by atoms with Crippen molar-refractivity contribution in [2.45, 2.75) is 57.7 Å². The first-order chi connectivity index (χ1) is 12.2. The number of carbonyl (C=O) groups excluding carboxylic acids is 1. The minimum absolute atomic E-state index is 0.124. The second-order valence-corrected chi connectivity index (χ2v) is 6.92. The van der Waals surface area contributed by atoms with E-state index in [-0.39, 0.29) is 17.8 Å². The van der Waals surface area contributed by atoms with Crippen LogP contribution < -0.4 is 5.32 Å². The van der Waals surface area contributed by atoms with Crippen LogP contribution in [0.15, 0.2) is 16.9 Å². The topological polar surface area (TPSA) is 89.1 Å². The Balaban J connectivity index is 1.33. The molecule has 1 amide bonds. The first-order valence-corrected chi connectivity index (χ1v) is 9.07. The molecule has 1 aliphatic carbocycles. The van der Waals surface area contributed by atoms with Crippen molar-refractivity contribution in [1.29, 1.82) is 0 Å². The van der Waals surface area contributed by atoms with E-state index < -0.39 is 0 Å². The fourth-order valence-corrected chi connectivity index (χ4v) is 3.40. The van der Waals surface area contributed by atoms with E-state index in [0.717, 1.165) is 57.6 Å². The van der Waals surface area contributed by atoms with Gasteiger partial charge in [-0.15, -0.1) is 0 Å². The summed E-state index contributed by atoms with van der Waals surface area (Å²) >= 11 is 0. The van der Waals surface area contributed by atoms with Crippen LogP contribution in [0.3, 0.4) is 0 Å². The lowest BCUT2D eigenvalue weighted by molar-refractivity contribution is 0.0937. The van der Waals surface area contributed by atoms with Crippen LogP contribution in [-0.4, -0.2) is 49.6 Å². The Morgan fingerprint density at radius 1 is 1.36 bits per heavy atom. The number of amides is 1. The van der Waals surface area contributed by atoms with Crippen LogP contribution >= 0.6 is 0 Å². The zero-order chi connectivity index (χ0) is 17.2. The molecule has 3 heterocycles. The first kappa shape index (κ1) is 16.3. The predicted octanol–water partition coefficient (Wildman–Crippen LogP) is 1.69. The van der Waals surface area contributed by atoms with Crippen molar-refractivity contribution in [2.24, 2.45) is 0 Å². The molecule has 1 saturated carbocycles. The van der Waals surface area contributed by atoms with Gasteiger partial charge >= 0.3 is 0 Å². The third kappa shape index (κ3) is 3.73. The van der Waals surface area contributed by atoms with Gasteiger partial charge < -0.3 is 14.4 Å². The van der Waals surface area contributed by atoms with E-state index in [9.17, 15) is 4.79 Å². The highest BCUT2D eigenvalue weighted by Gasteiger charge is 2.32. The molecular formula is C17H24N6O2. The van der Waals surface area contributed by atoms with Crippen LogP contribution in [0.4, 0.5) is 0 Å². The molecule has 2 aliphatic rings. The maximum Gasteiger partial charge on any atom is 0.292 e. The lowest BCUT2D eigenvalue weighted by Crippen LogP contribution is -2.27. The molecule has 0 spiro atoms. The molecule has 1 N–H and O–H groups in total. The van der Waals surface area contributed by atoms with E-state index >= 15 is 0 Å². The van der Waals surface area contributed by atoms with Gasteiger partial charge in [0.15, 0.2) is 0 Å². The molecule has 0 aromatic carbocycles. The number of nitrogens with one attached hydrogen (secondary N) is 1. The number of rotatable bonds is 7. The Bertz CT molecular complexity index is 735. The first-order valence-electron chi connectivity index (χ1n) is 9.07. The number of likely N-dealkylation sites (tertiary alicyclic amines) is 1. The van der Waals surface area contributed by atoms with Gasteiger partial charge in [-0.05, 0) is 45.6 Å². The molecule has 2 aromatic heterocycles. The lowest BCUT2D eigenvalue weighted by Gasteiger charge is -2.21. The largest absolute Gasteiger partial charge is 0.346 e. The van der Waals surface area contributed by atoms with Crippen LogP contribution in [-0.2, 0) is 6.54 Å². The summed E-state index contributed by atoms with van der Waals surface area (Å²) in [5.74, 6) is 1.54. The minimum atomic E-state index is -0.224. The fraction of sp³-hybridized carbons (Fsp3) is 0.647. The van der Waals surface area contributed by atoms with Crippen molar-refractivity contribution < 1.29 is 9.32 Å². The summed E-state index contributed by atoms with van der Waals surface area (Å²) in [5.41, 5.74) is 0. The van der Waals surface area contributed by atoms with E-state index in [4.69, 9.17) is 4.52 Å². The van der Waals surface area contributed by atoms with Crippen LogP contribution in [0.5, 0.6) is 0 Å². The average molecular weight is 344 g/mol. The van der Waals surface area contributed by atoms with Gasteiger partial charge in [0.25, 0.3) is 11.7 Å². The molecule has 0 unspecified atom stereocenters. The number of hydrogen-bond donors (Lipinski definition) is 1. The zero-order valence-corrected chi connectivity index (χ0v) is 14.5. The molecular weight excluding hydrogens is 320 g/mol. The minimum Gasteiger partial charge on any atom is -0.346 e. The maximum atomic E-state index is 12.0. The van der Waals surface area contributed by atoms with Crippen LogP contribution in [0.25, 0.3) is 0 Å². The second kappa shape index (κ2) is 6.95. The van der Waals surface area contributed by atoms with Crippen LogP contribution in [0.2, 0.25) is 0 Å². The summed E-state index contributed by atoms with van der Waals surface area (Å²) < 4.78 is 7.56. The number of nitrogens with zero attached hydrogens (tertiary/aromatic N) is 5. The molecule has 1 atom stereocenters. The average Bonchev–Trinajstić information content (AvgIpc) is 3.02. The van der Waals surface area contributed by atoms with Gasteiger partial charge in [-0.3, -0.25) is 9.69 Å². The summed E-state index contributed by atoms with van der Waals surface area (Å²) in [6.45, 7) is 4.97. The van der Waals surface area contributed by atoms with Crippen molar-refractivity contribution in [3.63, 3.8) is 0 Å². The smallest absolute Gasteiger partial charge is 0.292 e. The summed E-state index contributed by atoms with van der Waals surface area (Å²) in [4.78, 5) is 23.0. The highest BCUT2D eigenvalue weighted by atomic mass is 16.5. The van der Waals surface area contributed by atoms with E-state index in [2.05, 4.69) is 29.9 Å². The Hall–Kier alpha value is -2.22. The van der Waals surface area contributed by atoms with Gasteiger partial charge in [0, 0.05) is 31.5 Å². The van der Waals surface area contributed by atoms with E-state index in [0.29, 0.717) is 11.9 Å². The number of aromatic nitrogens is 4.